The second kappa shape index (κ2) is 8.23. The van der Waals surface area contributed by atoms with E-state index >= 15 is 0 Å². The number of anilines is 1. The maximum absolute atomic E-state index is 13.1. The first-order valence-corrected chi connectivity index (χ1v) is 12.3. The third-order valence-electron chi connectivity index (χ3n) is 7.19. The molecule has 2 fully saturated rings. The zero-order valence-electron chi connectivity index (χ0n) is 18.6. The first-order valence-electron chi connectivity index (χ1n) is 11.6. The molecule has 6 rings (SSSR count). The van der Waals surface area contributed by atoms with Crippen LogP contribution in [0.4, 0.5) is 19.1 Å². The van der Waals surface area contributed by atoms with E-state index in [1.807, 2.05) is 4.90 Å². The van der Waals surface area contributed by atoms with E-state index in [9.17, 15) is 13.2 Å². The molecule has 1 spiro atoms. The van der Waals surface area contributed by atoms with Gasteiger partial charge in [-0.15, -0.1) is 0 Å². The molecule has 2 aliphatic carbocycles. The Morgan fingerprint density at radius 2 is 1.71 bits per heavy atom. The molecule has 0 radical (unpaired) electrons. The Labute approximate surface area is 209 Å². The van der Waals surface area contributed by atoms with E-state index in [-0.39, 0.29) is 11.4 Å². The highest BCUT2D eigenvalue weighted by Gasteiger charge is 2.44. The summed E-state index contributed by atoms with van der Waals surface area (Å²) < 4.78 is 45.0. The van der Waals surface area contributed by atoms with Crippen molar-refractivity contribution in [3.05, 3.63) is 63.6 Å². The molecule has 5 nitrogen and oxygen atoms in total. The summed E-state index contributed by atoms with van der Waals surface area (Å²) in [6, 6.07) is 6.28. The zero-order chi connectivity index (χ0) is 24.4. The van der Waals surface area contributed by atoms with Crippen LogP contribution in [-0.2, 0) is 6.18 Å². The van der Waals surface area contributed by atoms with Gasteiger partial charge in [0.15, 0.2) is 0 Å². The van der Waals surface area contributed by atoms with Crippen LogP contribution in [0.15, 0.2) is 41.1 Å². The number of hydrogen-bond acceptors (Lipinski definition) is 5. The lowest BCUT2D eigenvalue weighted by molar-refractivity contribution is -0.141. The molecule has 1 saturated carbocycles. The van der Waals surface area contributed by atoms with Gasteiger partial charge in [0.2, 0.25) is 5.95 Å². The van der Waals surface area contributed by atoms with Crippen LogP contribution in [0.3, 0.4) is 0 Å². The van der Waals surface area contributed by atoms with E-state index in [2.05, 4.69) is 21.2 Å². The molecule has 182 valence electrons. The number of aromatic nitrogens is 3. The third-order valence-corrected chi connectivity index (χ3v) is 7.82. The van der Waals surface area contributed by atoms with Crippen molar-refractivity contribution >= 4 is 34.7 Å². The third kappa shape index (κ3) is 4.10. The van der Waals surface area contributed by atoms with E-state index in [4.69, 9.17) is 27.7 Å². The predicted molar refractivity (Wildman–Crippen MR) is 127 cm³/mol. The Morgan fingerprint density at radius 3 is 2.34 bits per heavy atom. The molecule has 0 N–H and O–H groups in total. The molecule has 35 heavy (non-hydrogen) atoms. The molecule has 1 aromatic carbocycles. The van der Waals surface area contributed by atoms with Gasteiger partial charge < -0.3 is 9.42 Å². The molecule has 0 bridgehead atoms. The SMILES string of the molecule is FC(F)(F)c1ccnc(N2CCC3(C=C(c4c(-c5c(Cl)cccc5Cl)noc4C4CC4)C3)CC2)n1. The van der Waals surface area contributed by atoms with Gasteiger partial charge in [-0.2, -0.15) is 13.2 Å². The van der Waals surface area contributed by atoms with Gasteiger partial charge in [0.25, 0.3) is 0 Å². The van der Waals surface area contributed by atoms with Crippen molar-refractivity contribution in [1.82, 2.24) is 15.1 Å². The summed E-state index contributed by atoms with van der Waals surface area (Å²) in [5.74, 6) is 1.39. The molecule has 1 saturated heterocycles. The minimum Gasteiger partial charge on any atom is -0.360 e. The van der Waals surface area contributed by atoms with Gasteiger partial charge in [0, 0.05) is 36.3 Å². The molecule has 3 aromatic rings. The van der Waals surface area contributed by atoms with Crippen molar-refractivity contribution < 1.29 is 17.7 Å². The average molecular weight is 521 g/mol. The Hall–Kier alpha value is -2.58. The molecular weight excluding hydrogens is 500 g/mol. The van der Waals surface area contributed by atoms with E-state index in [0.717, 1.165) is 49.5 Å². The second-order valence-electron chi connectivity index (χ2n) is 9.58. The van der Waals surface area contributed by atoms with Crippen LogP contribution < -0.4 is 4.90 Å². The predicted octanol–water partition coefficient (Wildman–Crippen LogP) is 7.41. The van der Waals surface area contributed by atoms with Crippen LogP contribution in [0.5, 0.6) is 0 Å². The summed E-state index contributed by atoms with van der Waals surface area (Å²) in [5.41, 5.74) is 2.60. The number of piperidine rings is 1. The van der Waals surface area contributed by atoms with Crippen molar-refractivity contribution in [1.29, 1.82) is 0 Å². The minimum absolute atomic E-state index is 0.00684. The number of hydrogen-bond donors (Lipinski definition) is 0. The lowest BCUT2D eigenvalue weighted by Gasteiger charge is -2.46. The number of nitrogens with zero attached hydrogens (tertiary/aromatic N) is 4. The first-order chi connectivity index (χ1) is 16.7. The highest BCUT2D eigenvalue weighted by Crippen LogP contribution is 2.56. The lowest BCUT2D eigenvalue weighted by atomic mass is 9.63. The topological polar surface area (TPSA) is 55.1 Å². The summed E-state index contributed by atoms with van der Waals surface area (Å²) in [6.07, 6.45) is 3.57. The fourth-order valence-corrected chi connectivity index (χ4v) is 5.72. The normalized spacial score (nSPS) is 19.6. The molecule has 1 aliphatic heterocycles. The molecule has 0 atom stereocenters. The monoisotopic (exact) mass is 520 g/mol. The van der Waals surface area contributed by atoms with Gasteiger partial charge in [-0.05, 0) is 61.3 Å². The van der Waals surface area contributed by atoms with Crippen molar-refractivity contribution in [2.45, 2.75) is 44.2 Å². The number of allylic oxidation sites excluding steroid dienone is 2. The number of rotatable bonds is 4. The van der Waals surface area contributed by atoms with Crippen LogP contribution in [-0.4, -0.2) is 28.2 Å². The Bertz CT molecular complexity index is 1300. The molecule has 3 heterocycles. The van der Waals surface area contributed by atoms with Crippen LogP contribution in [0, 0.1) is 5.41 Å². The number of halogens is 5. The van der Waals surface area contributed by atoms with Crippen molar-refractivity contribution in [2.24, 2.45) is 5.41 Å². The zero-order valence-corrected chi connectivity index (χ0v) is 20.1. The summed E-state index contributed by atoms with van der Waals surface area (Å²) in [5, 5.41) is 5.44. The van der Waals surface area contributed by atoms with Gasteiger partial charge in [0.1, 0.15) is 17.1 Å². The van der Waals surface area contributed by atoms with Crippen molar-refractivity contribution in [3.63, 3.8) is 0 Å². The summed E-state index contributed by atoms with van der Waals surface area (Å²) >= 11 is 13.0. The van der Waals surface area contributed by atoms with Crippen LogP contribution in [0.2, 0.25) is 10.0 Å². The van der Waals surface area contributed by atoms with Gasteiger partial charge in [-0.1, -0.05) is 40.5 Å². The van der Waals surface area contributed by atoms with E-state index in [1.165, 1.54) is 11.8 Å². The largest absolute Gasteiger partial charge is 0.433 e. The average Bonchev–Trinajstić information content (AvgIpc) is 3.57. The maximum atomic E-state index is 13.1. The van der Waals surface area contributed by atoms with Gasteiger partial charge in [-0.25, -0.2) is 9.97 Å². The number of benzene rings is 1. The Kier molecular flexibility index (Phi) is 5.38. The molecule has 0 unspecified atom stereocenters. The summed E-state index contributed by atoms with van der Waals surface area (Å²) in [4.78, 5) is 9.65. The molecule has 2 aromatic heterocycles. The smallest absolute Gasteiger partial charge is 0.360 e. The van der Waals surface area contributed by atoms with Crippen molar-refractivity contribution in [3.8, 4) is 11.3 Å². The van der Waals surface area contributed by atoms with Crippen LogP contribution in [0.25, 0.3) is 16.8 Å². The molecule has 0 amide bonds. The van der Waals surface area contributed by atoms with E-state index < -0.39 is 11.9 Å². The fourth-order valence-electron chi connectivity index (χ4n) is 5.14. The van der Waals surface area contributed by atoms with E-state index in [1.54, 1.807) is 18.2 Å². The Morgan fingerprint density at radius 1 is 1.03 bits per heavy atom. The first kappa shape index (κ1) is 22.9. The molecule has 10 heteroatoms. The summed E-state index contributed by atoms with van der Waals surface area (Å²) in [7, 11) is 0. The van der Waals surface area contributed by atoms with Crippen LogP contribution >= 0.6 is 23.2 Å². The number of alkyl halides is 3. The maximum Gasteiger partial charge on any atom is 0.433 e. The highest BCUT2D eigenvalue weighted by molar-refractivity contribution is 6.39. The second-order valence-corrected chi connectivity index (χ2v) is 10.4. The summed E-state index contributed by atoms with van der Waals surface area (Å²) in [6.45, 7) is 1.18. The Balaban J connectivity index is 1.25. The molecule has 3 aliphatic rings. The highest BCUT2D eigenvalue weighted by atomic mass is 35.5. The van der Waals surface area contributed by atoms with Gasteiger partial charge in [-0.3, -0.25) is 0 Å². The quantitative estimate of drug-likeness (QED) is 0.358. The van der Waals surface area contributed by atoms with Gasteiger partial charge in [0.05, 0.1) is 10.0 Å². The van der Waals surface area contributed by atoms with Crippen LogP contribution in [0.1, 0.15) is 55.0 Å². The minimum atomic E-state index is -4.49. The lowest BCUT2D eigenvalue weighted by Crippen LogP contribution is -2.43. The fraction of sp³-hybridized carbons (Fsp3) is 0.400. The van der Waals surface area contributed by atoms with Gasteiger partial charge >= 0.3 is 6.18 Å². The van der Waals surface area contributed by atoms with E-state index in [0.29, 0.717) is 40.3 Å². The van der Waals surface area contributed by atoms with Crippen molar-refractivity contribution in [2.75, 3.05) is 18.0 Å². The standard InChI is InChI=1S/C25H21Cl2F3N4O/c26-16-2-1-3-17(27)20(16)21-19(22(35-33-21)14-4-5-14)15-12-24(13-15)7-10-34(11-8-24)23-31-9-6-18(32-23)25(28,29)30/h1-3,6,9,12,14H,4-5,7-8,10-11,13H2. The molecular formula is C25H21Cl2F3N4O.